The average molecular weight is 511 g/mol. The summed E-state index contributed by atoms with van der Waals surface area (Å²) in [4.78, 5) is 15.3. The molecule has 34 heavy (non-hydrogen) atoms. The first-order chi connectivity index (χ1) is 16.1. The normalized spacial score (nSPS) is 12.1. The predicted octanol–water partition coefficient (Wildman–Crippen LogP) is 5.40. The van der Waals surface area contributed by atoms with Crippen LogP contribution >= 0.6 is 11.3 Å². The zero-order valence-corrected chi connectivity index (χ0v) is 20.2. The molecule has 2 aromatic carbocycles. The fourth-order valence-corrected chi connectivity index (χ4v) is 5.64. The number of rotatable bonds is 10. The van der Waals surface area contributed by atoms with Gasteiger partial charge in [-0.3, -0.25) is 4.79 Å². The Hall–Kier alpha value is -2.69. The van der Waals surface area contributed by atoms with E-state index in [1.807, 2.05) is 47.8 Å². The summed E-state index contributed by atoms with van der Waals surface area (Å²) in [5.74, 6) is -0.429. The van der Waals surface area contributed by atoms with Gasteiger partial charge in [0, 0.05) is 18.0 Å². The Morgan fingerprint density at radius 2 is 1.71 bits per heavy atom. The van der Waals surface area contributed by atoms with Gasteiger partial charge in [-0.25, -0.2) is 8.42 Å². The molecule has 0 saturated carbocycles. The molecule has 0 aliphatic rings. The van der Waals surface area contributed by atoms with Crippen LogP contribution in [-0.2, 0) is 34.1 Å². The van der Waals surface area contributed by atoms with Gasteiger partial charge >= 0.3 is 6.18 Å². The number of halogens is 3. The SMILES string of the molecule is CCCN(CC(=O)N(Cc1ccccc1)Cc1cccs1)S(=O)(=O)c1cccc(C(F)(F)F)c1. The molecule has 0 bridgehead atoms. The minimum absolute atomic E-state index is 0.00248. The number of nitrogens with zero attached hydrogens (tertiary/aromatic N) is 2. The summed E-state index contributed by atoms with van der Waals surface area (Å²) < 4.78 is 66.8. The van der Waals surface area contributed by atoms with Crippen molar-refractivity contribution < 1.29 is 26.4 Å². The third-order valence-corrected chi connectivity index (χ3v) is 7.78. The molecule has 0 aliphatic heterocycles. The van der Waals surface area contributed by atoms with Crippen molar-refractivity contribution in [1.29, 1.82) is 0 Å². The number of sulfonamides is 1. The molecule has 5 nitrogen and oxygen atoms in total. The summed E-state index contributed by atoms with van der Waals surface area (Å²) in [6.45, 7) is 1.86. The number of amides is 1. The first kappa shape index (κ1) is 25.9. The molecule has 1 aromatic heterocycles. The molecule has 0 N–H and O–H groups in total. The molecular weight excluding hydrogens is 485 g/mol. The quantitative estimate of drug-likeness (QED) is 0.367. The lowest BCUT2D eigenvalue weighted by atomic mass is 10.2. The smallest absolute Gasteiger partial charge is 0.332 e. The van der Waals surface area contributed by atoms with E-state index in [-0.39, 0.29) is 13.1 Å². The van der Waals surface area contributed by atoms with Crippen LogP contribution in [-0.4, -0.2) is 36.6 Å². The number of hydrogen-bond donors (Lipinski definition) is 0. The highest BCUT2D eigenvalue weighted by molar-refractivity contribution is 7.89. The zero-order chi connectivity index (χ0) is 24.8. The van der Waals surface area contributed by atoms with Crippen molar-refractivity contribution in [1.82, 2.24) is 9.21 Å². The second-order valence-corrected chi connectivity index (χ2v) is 10.6. The fourth-order valence-electron chi connectivity index (χ4n) is 3.39. The van der Waals surface area contributed by atoms with Gasteiger partial charge in [0.2, 0.25) is 15.9 Å². The highest BCUT2D eigenvalue weighted by atomic mass is 32.2. The number of alkyl halides is 3. The van der Waals surface area contributed by atoms with Crippen molar-refractivity contribution >= 4 is 27.3 Å². The molecule has 0 spiro atoms. The lowest BCUT2D eigenvalue weighted by Gasteiger charge is -2.27. The molecule has 3 rings (SSSR count). The molecule has 0 unspecified atom stereocenters. The topological polar surface area (TPSA) is 57.7 Å². The van der Waals surface area contributed by atoms with Crippen LogP contribution in [0.4, 0.5) is 13.2 Å². The third kappa shape index (κ3) is 6.68. The van der Waals surface area contributed by atoms with Crippen LogP contribution in [0.15, 0.2) is 77.0 Å². The highest BCUT2D eigenvalue weighted by Crippen LogP contribution is 2.31. The minimum atomic E-state index is -4.68. The van der Waals surface area contributed by atoms with Crippen LogP contribution in [0.3, 0.4) is 0 Å². The van der Waals surface area contributed by atoms with Gasteiger partial charge in [0.15, 0.2) is 0 Å². The molecule has 0 atom stereocenters. The van der Waals surface area contributed by atoms with Crippen molar-refractivity contribution in [3.8, 4) is 0 Å². The molecule has 0 radical (unpaired) electrons. The third-order valence-electron chi connectivity index (χ3n) is 5.08. The summed E-state index contributed by atoms with van der Waals surface area (Å²) in [6.07, 6.45) is -4.28. The first-order valence-electron chi connectivity index (χ1n) is 10.6. The largest absolute Gasteiger partial charge is 0.416 e. The molecule has 10 heteroatoms. The Morgan fingerprint density at radius 3 is 2.32 bits per heavy atom. The van der Waals surface area contributed by atoms with Crippen molar-refractivity contribution in [2.24, 2.45) is 0 Å². The summed E-state index contributed by atoms with van der Waals surface area (Å²) in [5, 5.41) is 1.89. The molecule has 182 valence electrons. The van der Waals surface area contributed by atoms with Gasteiger partial charge in [0.25, 0.3) is 0 Å². The van der Waals surface area contributed by atoms with Gasteiger partial charge < -0.3 is 4.90 Å². The van der Waals surface area contributed by atoms with Crippen molar-refractivity contribution in [3.63, 3.8) is 0 Å². The second kappa shape index (κ2) is 11.2. The highest BCUT2D eigenvalue weighted by Gasteiger charge is 2.34. The van der Waals surface area contributed by atoms with Crippen LogP contribution in [0, 0.1) is 0 Å². The maximum absolute atomic E-state index is 13.3. The molecule has 0 aliphatic carbocycles. The van der Waals surface area contributed by atoms with Crippen LogP contribution in [0.2, 0.25) is 0 Å². The Kier molecular flexibility index (Phi) is 8.51. The van der Waals surface area contributed by atoms with Gasteiger partial charge in [-0.05, 0) is 41.6 Å². The van der Waals surface area contributed by atoms with E-state index in [4.69, 9.17) is 0 Å². The van der Waals surface area contributed by atoms with E-state index in [1.54, 1.807) is 11.8 Å². The average Bonchev–Trinajstić information content (AvgIpc) is 3.32. The Balaban J connectivity index is 1.87. The van der Waals surface area contributed by atoms with E-state index in [2.05, 4.69) is 0 Å². The first-order valence-corrected chi connectivity index (χ1v) is 12.9. The molecule has 3 aromatic rings. The molecule has 0 saturated heterocycles. The number of thiophene rings is 1. The molecule has 0 fully saturated rings. The molecule has 1 amide bonds. The number of carbonyl (C=O) groups is 1. The van der Waals surface area contributed by atoms with E-state index in [0.717, 1.165) is 32.9 Å². The fraction of sp³-hybridized carbons (Fsp3) is 0.292. The zero-order valence-electron chi connectivity index (χ0n) is 18.5. The summed E-state index contributed by atoms with van der Waals surface area (Å²) in [5.41, 5.74) is -0.171. The molecule has 1 heterocycles. The van der Waals surface area contributed by atoms with Crippen LogP contribution in [0.25, 0.3) is 0 Å². The Labute approximate surface area is 201 Å². The van der Waals surface area contributed by atoms with E-state index in [1.165, 1.54) is 11.3 Å². The lowest BCUT2D eigenvalue weighted by Crippen LogP contribution is -2.42. The number of carbonyl (C=O) groups excluding carboxylic acids is 1. The second-order valence-electron chi connectivity index (χ2n) is 7.68. The van der Waals surface area contributed by atoms with E-state index < -0.39 is 39.1 Å². The van der Waals surface area contributed by atoms with Gasteiger partial charge in [-0.15, -0.1) is 11.3 Å². The maximum atomic E-state index is 13.3. The number of benzene rings is 2. The minimum Gasteiger partial charge on any atom is -0.332 e. The van der Waals surface area contributed by atoms with Crippen LogP contribution < -0.4 is 0 Å². The van der Waals surface area contributed by atoms with E-state index in [9.17, 15) is 26.4 Å². The lowest BCUT2D eigenvalue weighted by molar-refractivity contribution is -0.137. The Bertz CT molecular complexity index is 1180. The van der Waals surface area contributed by atoms with Crippen LogP contribution in [0.5, 0.6) is 0 Å². The summed E-state index contributed by atoms with van der Waals surface area (Å²) in [6, 6.07) is 16.7. The molecular formula is C24H25F3N2O3S2. The van der Waals surface area contributed by atoms with E-state index >= 15 is 0 Å². The predicted molar refractivity (Wildman–Crippen MR) is 126 cm³/mol. The summed E-state index contributed by atoms with van der Waals surface area (Å²) in [7, 11) is -4.32. The van der Waals surface area contributed by atoms with Gasteiger partial charge in [-0.1, -0.05) is 49.4 Å². The van der Waals surface area contributed by atoms with Gasteiger partial charge in [0.05, 0.1) is 23.5 Å². The summed E-state index contributed by atoms with van der Waals surface area (Å²) >= 11 is 1.48. The standard InChI is InChI=1S/C24H25F3N2O3S2/c1-2-13-29(34(31,32)22-12-6-10-20(15-22)24(25,26)27)18-23(30)28(17-21-11-7-14-33-21)16-19-8-4-3-5-9-19/h3-12,14-15H,2,13,16-18H2,1H3. The van der Waals surface area contributed by atoms with Crippen molar-refractivity contribution in [3.05, 3.63) is 88.1 Å². The van der Waals surface area contributed by atoms with Gasteiger partial charge in [-0.2, -0.15) is 17.5 Å². The monoisotopic (exact) mass is 510 g/mol. The maximum Gasteiger partial charge on any atom is 0.416 e. The van der Waals surface area contributed by atoms with Crippen molar-refractivity contribution in [2.75, 3.05) is 13.1 Å². The van der Waals surface area contributed by atoms with Gasteiger partial charge in [0.1, 0.15) is 0 Å². The van der Waals surface area contributed by atoms with E-state index in [0.29, 0.717) is 19.0 Å². The Morgan fingerprint density at radius 1 is 0.971 bits per heavy atom. The van der Waals surface area contributed by atoms with Crippen LogP contribution in [0.1, 0.15) is 29.3 Å². The number of hydrogen-bond acceptors (Lipinski definition) is 4. The van der Waals surface area contributed by atoms with Crippen molar-refractivity contribution in [2.45, 2.75) is 37.5 Å².